The number of rotatable bonds is 4. The molecule has 0 spiro atoms. The molecule has 0 aliphatic rings. The van der Waals surface area contributed by atoms with E-state index in [1.54, 1.807) is 36.4 Å². The monoisotopic (exact) mass is 276 g/mol. The molecule has 0 aromatic heterocycles. The van der Waals surface area contributed by atoms with Gasteiger partial charge in [0.25, 0.3) is 10.0 Å². The molecule has 2 aromatic rings. The quantitative estimate of drug-likeness (QED) is 0.659. The fraction of sp³-hybridized carbons (Fsp3) is 0. The lowest BCUT2D eigenvalue weighted by Gasteiger charge is -2.02. The van der Waals surface area contributed by atoms with Crippen molar-refractivity contribution in [2.45, 2.75) is 4.90 Å². The van der Waals surface area contributed by atoms with E-state index >= 15 is 0 Å². The molecule has 0 radical (unpaired) electrons. The summed E-state index contributed by atoms with van der Waals surface area (Å²) >= 11 is 0. The van der Waals surface area contributed by atoms with Gasteiger partial charge in [-0.25, -0.2) is 4.83 Å². The molecule has 0 unspecified atom stereocenters. The maximum Gasteiger partial charge on any atom is 0.276 e. The van der Waals surface area contributed by atoms with E-state index < -0.39 is 10.0 Å². The number of phenols is 1. The minimum absolute atomic E-state index is 0.0326. The summed E-state index contributed by atoms with van der Waals surface area (Å²) in [6, 6.07) is 14.4. The summed E-state index contributed by atoms with van der Waals surface area (Å²) in [6.07, 6.45) is 1.25. The second-order valence-electron chi connectivity index (χ2n) is 3.72. The Morgan fingerprint density at radius 1 is 1.00 bits per heavy atom. The lowest BCUT2D eigenvalue weighted by Crippen LogP contribution is -2.18. The number of para-hydroxylation sites is 1. The predicted octanol–water partition coefficient (Wildman–Crippen LogP) is 1.70. The lowest BCUT2D eigenvalue weighted by molar-refractivity contribution is 0.474. The third-order valence-electron chi connectivity index (χ3n) is 2.37. The van der Waals surface area contributed by atoms with Crippen molar-refractivity contribution in [2.75, 3.05) is 0 Å². The highest BCUT2D eigenvalue weighted by Crippen LogP contribution is 2.12. The minimum Gasteiger partial charge on any atom is -0.507 e. The Balaban J connectivity index is 2.13. The van der Waals surface area contributed by atoms with Crippen LogP contribution in [0.2, 0.25) is 0 Å². The maximum absolute atomic E-state index is 11.8. The van der Waals surface area contributed by atoms with E-state index in [-0.39, 0.29) is 10.6 Å². The van der Waals surface area contributed by atoms with Gasteiger partial charge in [0.2, 0.25) is 0 Å². The van der Waals surface area contributed by atoms with E-state index in [2.05, 4.69) is 9.93 Å². The number of hydrazone groups is 1. The Kier molecular flexibility index (Phi) is 3.82. The summed E-state index contributed by atoms with van der Waals surface area (Å²) in [7, 11) is -3.67. The predicted molar refractivity (Wildman–Crippen MR) is 72.5 cm³/mol. The van der Waals surface area contributed by atoms with Gasteiger partial charge in [-0.1, -0.05) is 30.3 Å². The van der Waals surface area contributed by atoms with Crippen molar-refractivity contribution in [1.29, 1.82) is 0 Å². The van der Waals surface area contributed by atoms with Crippen LogP contribution < -0.4 is 4.83 Å². The van der Waals surface area contributed by atoms with Crippen LogP contribution in [-0.4, -0.2) is 19.7 Å². The summed E-state index contributed by atoms with van der Waals surface area (Å²) in [6.45, 7) is 0. The number of aromatic hydroxyl groups is 1. The van der Waals surface area contributed by atoms with Crippen molar-refractivity contribution in [1.82, 2.24) is 4.83 Å². The molecule has 0 aliphatic carbocycles. The Morgan fingerprint density at radius 3 is 2.32 bits per heavy atom. The second-order valence-corrected chi connectivity index (χ2v) is 5.39. The summed E-state index contributed by atoms with van der Waals surface area (Å²) in [4.78, 5) is 2.21. The molecule has 2 rings (SSSR count). The third-order valence-corrected chi connectivity index (χ3v) is 3.61. The first kappa shape index (κ1) is 13.1. The van der Waals surface area contributed by atoms with Crippen LogP contribution in [-0.2, 0) is 10.0 Å². The molecule has 2 aromatic carbocycles. The highest BCUT2D eigenvalue weighted by molar-refractivity contribution is 7.89. The summed E-state index contributed by atoms with van der Waals surface area (Å²) in [5.41, 5.74) is 0.429. The first-order chi connectivity index (χ1) is 9.09. The number of benzene rings is 2. The Hall–Kier alpha value is -2.34. The highest BCUT2D eigenvalue weighted by atomic mass is 32.2. The van der Waals surface area contributed by atoms with Gasteiger partial charge in [-0.3, -0.25) is 0 Å². The molecule has 2 N–H and O–H groups in total. The van der Waals surface area contributed by atoms with Crippen LogP contribution in [0.4, 0.5) is 0 Å². The highest BCUT2D eigenvalue weighted by Gasteiger charge is 2.11. The molecule has 5 nitrogen and oxygen atoms in total. The summed E-state index contributed by atoms with van der Waals surface area (Å²) in [5, 5.41) is 13.1. The standard InChI is InChI=1S/C13H12N2O3S/c16-13-9-5-4-6-11(13)10-14-15-19(17,18)12-7-2-1-3-8-12/h1-10,15-16H/b14-10+. The van der Waals surface area contributed by atoms with Gasteiger partial charge in [0, 0.05) is 5.56 Å². The zero-order valence-electron chi connectivity index (χ0n) is 9.89. The maximum atomic E-state index is 11.8. The van der Waals surface area contributed by atoms with Crippen LogP contribution in [0.1, 0.15) is 5.56 Å². The van der Waals surface area contributed by atoms with Crippen molar-refractivity contribution in [3.05, 3.63) is 60.2 Å². The Morgan fingerprint density at radius 2 is 1.63 bits per heavy atom. The SMILES string of the molecule is O=S(=O)(N/N=C/c1ccccc1O)c1ccccc1. The molecule has 0 saturated heterocycles. The molecule has 98 valence electrons. The van der Waals surface area contributed by atoms with Crippen LogP contribution in [0.25, 0.3) is 0 Å². The number of nitrogens with zero attached hydrogens (tertiary/aromatic N) is 1. The third kappa shape index (κ3) is 3.32. The number of phenolic OH excluding ortho intramolecular Hbond substituents is 1. The lowest BCUT2D eigenvalue weighted by atomic mass is 10.2. The molecular weight excluding hydrogens is 264 g/mol. The van der Waals surface area contributed by atoms with Crippen molar-refractivity contribution >= 4 is 16.2 Å². The van der Waals surface area contributed by atoms with Gasteiger partial charge in [-0.2, -0.15) is 13.5 Å². The van der Waals surface area contributed by atoms with Gasteiger partial charge >= 0.3 is 0 Å². The normalized spacial score (nSPS) is 11.6. The van der Waals surface area contributed by atoms with Crippen LogP contribution in [0.3, 0.4) is 0 Å². The smallest absolute Gasteiger partial charge is 0.276 e. The topological polar surface area (TPSA) is 78.8 Å². The van der Waals surface area contributed by atoms with Crippen LogP contribution >= 0.6 is 0 Å². The Labute approximate surface area is 111 Å². The van der Waals surface area contributed by atoms with Gasteiger partial charge in [0.1, 0.15) is 5.75 Å². The number of sulfonamides is 1. The fourth-order valence-corrected chi connectivity index (χ4v) is 2.23. The molecule has 19 heavy (non-hydrogen) atoms. The largest absolute Gasteiger partial charge is 0.507 e. The van der Waals surface area contributed by atoms with E-state index in [0.29, 0.717) is 5.56 Å². The first-order valence-electron chi connectivity index (χ1n) is 5.47. The van der Waals surface area contributed by atoms with E-state index in [9.17, 15) is 13.5 Å². The van der Waals surface area contributed by atoms with Gasteiger partial charge in [-0.15, -0.1) is 0 Å². The molecular formula is C13H12N2O3S. The minimum atomic E-state index is -3.67. The zero-order chi connectivity index (χ0) is 13.7. The molecule has 0 heterocycles. The molecule has 0 aliphatic heterocycles. The zero-order valence-corrected chi connectivity index (χ0v) is 10.7. The van der Waals surface area contributed by atoms with Crippen molar-refractivity contribution in [2.24, 2.45) is 5.10 Å². The van der Waals surface area contributed by atoms with E-state index in [0.717, 1.165) is 0 Å². The van der Waals surface area contributed by atoms with Crippen LogP contribution in [0.15, 0.2) is 64.6 Å². The molecule has 0 atom stereocenters. The number of nitrogens with one attached hydrogen (secondary N) is 1. The molecule has 0 bridgehead atoms. The van der Waals surface area contributed by atoms with Crippen LogP contribution in [0, 0.1) is 0 Å². The average molecular weight is 276 g/mol. The second kappa shape index (κ2) is 5.53. The van der Waals surface area contributed by atoms with E-state index in [4.69, 9.17) is 0 Å². The summed E-state index contributed by atoms with van der Waals surface area (Å²) < 4.78 is 23.6. The van der Waals surface area contributed by atoms with Gasteiger partial charge in [-0.05, 0) is 24.3 Å². The van der Waals surface area contributed by atoms with E-state index in [1.165, 1.54) is 24.4 Å². The van der Waals surface area contributed by atoms with Gasteiger partial charge < -0.3 is 5.11 Å². The average Bonchev–Trinajstić information content (AvgIpc) is 2.42. The number of hydrogen-bond acceptors (Lipinski definition) is 4. The molecule has 0 amide bonds. The van der Waals surface area contributed by atoms with Crippen molar-refractivity contribution in [3.8, 4) is 5.75 Å². The van der Waals surface area contributed by atoms with Gasteiger partial charge in [0.05, 0.1) is 11.1 Å². The Bertz CT molecular complexity index is 682. The molecule has 0 saturated carbocycles. The first-order valence-corrected chi connectivity index (χ1v) is 6.96. The molecule has 6 heteroatoms. The number of hydrogen-bond donors (Lipinski definition) is 2. The molecule has 0 fully saturated rings. The fourth-order valence-electron chi connectivity index (χ4n) is 1.41. The van der Waals surface area contributed by atoms with Crippen LogP contribution in [0.5, 0.6) is 5.75 Å². The van der Waals surface area contributed by atoms with Crippen molar-refractivity contribution < 1.29 is 13.5 Å². The van der Waals surface area contributed by atoms with E-state index in [1.807, 2.05) is 0 Å². The summed E-state index contributed by atoms with van der Waals surface area (Å²) in [5.74, 6) is 0.0326. The van der Waals surface area contributed by atoms with Crippen molar-refractivity contribution in [3.63, 3.8) is 0 Å². The van der Waals surface area contributed by atoms with Gasteiger partial charge in [0.15, 0.2) is 0 Å².